The topological polar surface area (TPSA) is 96.3 Å². The van der Waals surface area contributed by atoms with Gasteiger partial charge in [-0.1, -0.05) is 50.0 Å². The first-order valence-electron chi connectivity index (χ1n) is 10.9. The van der Waals surface area contributed by atoms with Crippen molar-refractivity contribution in [3.05, 3.63) is 46.1 Å². The number of aromatic nitrogens is 2. The van der Waals surface area contributed by atoms with Crippen molar-refractivity contribution in [2.75, 3.05) is 11.9 Å². The van der Waals surface area contributed by atoms with E-state index < -0.39 is 17.5 Å². The molecule has 1 saturated carbocycles. The van der Waals surface area contributed by atoms with Crippen LogP contribution in [0.1, 0.15) is 45.6 Å². The largest absolute Gasteiger partial charge is 0.325 e. The number of urea groups is 1. The fraction of sp³-hybridized carbons (Fsp3) is 0.478. The van der Waals surface area contributed by atoms with Crippen LogP contribution in [0.15, 0.2) is 30.5 Å². The summed E-state index contributed by atoms with van der Waals surface area (Å²) in [6.45, 7) is 6.25. The standard InChI is InChI=1S/C23H27Cl2N5O3/c1-14-9-22(2,3)13-23(10-14)20(32)29(21(33)28-23)12-19(31)27-18-6-7-26-30(18)11-15-4-5-16(24)8-17(15)25/h4-8,14H,9-13H2,1-3H3,(H,27,31)(H,28,33). The minimum Gasteiger partial charge on any atom is -0.323 e. The van der Waals surface area contributed by atoms with E-state index in [9.17, 15) is 14.4 Å². The first-order valence-corrected chi connectivity index (χ1v) is 11.6. The van der Waals surface area contributed by atoms with Gasteiger partial charge in [-0.25, -0.2) is 9.48 Å². The fourth-order valence-corrected chi connectivity index (χ4v) is 5.82. The number of halogens is 2. The van der Waals surface area contributed by atoms with Gasteiger partial charge in [0.05, 0.1) is 12.7 Å². The third-order valence-electron chi connectivity index (χ3n) is 6.25. The summed E-state index contributed by atoms with van der Waals surface area (Å²) in [6.07, 6.45) is 3.67. The van der Waals surface area contributed by atoms with E-state index in [-0.39, 0.29) is 17.9 Å². The summed E-state index contributed by atoms with van der Waals surface area (Å²) in [7, 11) is 0. The molecule has 33 heavy (non-hydrogen) atoms. The number of nitrogens with zero attached hydrogens (tertiary/aromatic N) is 3. The number of hydrogen-bond acceptors (Lipinski definition) is 4. The van der Waals surface area contributed by atoms with E-state index in [1.54, 1.807) is 35.1 Å². The van der Waals surface area contributed by atoms with Crippen molar-refractivity contribution in [1.29, 1.82) is 0 Å². The average molecular weight is 492 g/mol. The maximum atomic E-state index is 13.3. The third-order valence-corrected chi connectivity index (χ3v) is 6.83. The van der Waals surface area contributed by atoms with Crippen LogP contribution in [0.5, 0.6) is 0 Å². The van der Waals surface area contributed by atoms with Gasteiger partial charge in [-0.2, -0.15) is 5.10 Å². The van der Waals surface area contributed by atoms with E-state index in [4.69, 9.17) is 23.2 Å². The van der Waals surface area contributed by atoms with E-state index in [1.807, 2.05) is 0 Å². The lowest BCUT2D eigenvalue weighted by atomic mass is 9.64. The summed E-state index contributed by atoms with van der Waals surface area (Å²) in [5, 5.41) is 10.9. The molecule has 1 aliphatic carbocycles. The van der Waals surface area contributed by atoms with Gasteiger partial charge >= 0.3 is 6.03 Å². The van der Waals surface area contributed by atoms with E-state index in [2.05, 4.69) is 36.5 Å². The van der Waals surface area contributed by atoms with Gasteiger partial charge in [-0.3, -0.25) is 14.5 Å². The lowest BCUT2D eigenvalue weighted by molar-refractivity contribution is -0.136. The molecule has 0 radical (unpaired) electrons. The zero-order chi connectivity index (χ0) is 24.0. The van der Waals surface area contributed by atoms with Gasteiger partial charge in [0.15, 0.2) is 0 Å². The number of rotatable bonds is 5. The highest BCUT2D eigenvalue weighted by Gasteiger charge is 2.56. The number of benzene rings is 1. The van der Waals surface area contributed by atoms with Gasteiger partial charge in [-0.15, -0.1) is 0 Å². The lowest BCUT2D eigenvalue weighted by Gasteiger charge is -2.43. The summed E-state index contributed by atoms with van der Waals surface area (Å²) in [6, 6.07) is 6.27. The Hall–Kier alpha value is -2.58. The Morgan fingerprint density at radius 3 is 2.70 bits per heavy atom. The molecule has 1 aromatic heterocycles. The zero-order valence-corrected chi connectivity index (χ0v) is 20.3. The molecule has 4 rings (SSSR count). The van der Waals surface area contributed by atoms with Crippen LogP contribution in [0, 0.1) is 11.3 Å². The van der Waals surface area contributed by atoms with Crippen LogP contribution in [0.3, 0.4) is 0 Å². The molecule has 1 aliphatic heterocycles. The molecule has 2 fully saturated rings. The normalized spacial score (nSPS) is 24.3. The van der Waals surface area contributed by atoms with Crippen molar-refractivity contribution in [2.24, 2.45) is 11.3 Å². The predicted octanol–water partition coefficient (Wildman–Crippen LogP) is 4.31. The Labute approximate surface area is 202 Å². The Morgan fingerprint density at radius 1 is 1.24 bits per heavy atom. The van der Waals surface area contributed by atoms with Gasteiger partial charge < -0.3 is 10.6 Å². The molecular weight excluding hydrogens is 465 g/mol. The van der Waals surface area contributed by atoms with Gasteiger partial charge in [0.2, 0.25) is 5.91 Å². The van der Waals surface area contributed by atoms with Gasteiger partial charge in [0, 0.05) is 16.1 Å². The van der Waals surface area contributed by atoms with Crippen LogP contribution < -0.4 is 10.6 Å². The Morgan fingerprint density at radius 2 is 2.00 bits per heavy atom. The minimum atomic E-state index is -0.939. The number of carbonyl (C=O) groups excluding carboxylic acids is 3. The molecule has 1 saturated heterocycles. The van der Waals surface area contributed by atoms with Crippen LogP contribution in [-0.2, 0) is 16.1 Å². The number of anilines is 1. The van der Waals surface area contributed by atoms with Crippen molar-refractivity contribution in [3.63, 3.8) is 0 Å². The fourth-order valence-electron chi connectivity index (χ4n) is 5.35. The molecule has 2 aromatic rings. The molecule has 2 unspecified atom stereocenters. The summed E-state index contributed by atoms with van der Waals surface area (Å²) >= 11 is 12.2. The van der Waals surface area contributed by atoms with Crippen molar-refractivity contribution in [1.82, 2.24) is 20.0 Å². The van der Waals surface area contributed by atoms with E-state index in [0.717, 1.165) is 16.9 Å². The molecule has 8 nitrogen and oxygen atoms in total. The zero-order valence-electron chi connectivity index (χ0n) is 18.8. The van der Waals surface area contributed by atoms with Crippen molar-refractivity contribution in [2.45, 2.75) is 52.1 Å². The lowest BCUT2D eigenvalue weighted by Crippen LogP contribution is -2.54. The number of carbonyl (C=O) groups is 3. The quantitative estimate of drug-likeness (QED) is 0.608. The minimum absolute atomic E-state index is 0.0751. The Kier molecular flexibility index (Phi) is 6.18. The van der Waals surface area contributed by atoms with Crippen LogP contribution in [0.25, 0.3) is 0 Å². The molecule has 2 heterocycles. The van der Waals surface area contributed by atoms with Crippen molar-refractivity contribution >= 4 is 46.9 Å². The Bertz CT molecular complexity index is 1120. The Balaban J connectivity index is 1.44. The predicted molar refractivity (Wildman–Crippen MR) is 126 cm³/mol. The summed E-state index contributed by atoms with van der Waals surface area (Å²) in [4.78, 5) is 39.7. The monoisotopic (exact) mass is 491 g/mol. The summed E-state index contributed by atoms with van der Waals surface area (Å²) in [5.41, 5.74) is -0.231. The molecule has 176 valence electrons. The maximum Gasteiger partial charge on any atom is 0.325 e. The highest BCUT2D eigenvalue weighted by Crippen LogP contribution is 2.46. The first-order chi connectivity index (χ1) is 15.5. The molecule has 10 heteroatoms. The van der Waals surface area contributed by atoms with Crippen LogP contribution in [0.4, 0.5) is 10.6 Å². The second kappa shape index (κ2) is 8.65. The highest BCUT2D eigenvalue weighted by molar-refractivity contribution is 6.35. The van der Waals surface area contributed by atoms with E-state index in [1.165, 1.54) is 0 Å². The summed E-state index contributed by atoms with van der Waals surface area (Å²) in [5.74, 6) is -0.0904. The molecule has 4 amide bonds. The number of imide groups is 1. The van der Waals surface area contributed by atoms with E-state index >= 15 is 0 Å². The van der Waals surface area contributed by atoms with Crippen LogP contribution in [-0.4, -0.2) is 44.6 Å². The number of hydrogen-bond donors (Lipinski definition) is 2. The second-order valence-corrected chi connectivity index (χ2v) is 10.8. The first kappa shape index (κ1) is 23.6. The molecule has 2 aliphatic rings. The van der Waals surface area contributed by atoms with Crippen LogP contribution in [0.2, 0.25) is 10.0 Å². The number of nitrogens with one attached hydrogen (secondary N) is 2. The van der Waals surface area contributed by atoms with E-state index in [0.29, 0.717) is 41.2 Å². The van der Waals surface area contributed by atoms with Crippen LogP contribution >= 0.6 is 23.2 Å². The molecule has 2 N–H and O–H groups in total. The third kappa shape index (κ3) is 4.87. The number of amides is 4. The van der Waals surface area contributed by atoms with Gasteiger partial charge in [0.1, 0.15) is 17.9 Å². The summed E-state index contributed by atoms with van der Waals surface area (Å²) < 4.78 is 1.58. The molecule has 2 atom stereocenters. The van der Waals surface area contributed by atoms with Gasteiger partial charge in [-0.05, 0) is 48.3 Å². The average Bonchev–Trinajstić information content (AvgIpc) is 3.20. The molecule has 1 aromatic carbocycles. The van der Waals surface area contributed by atoms with Gasteiger partial charge in [0.25, 0.3) is 5.91 Å². The van der Waals surface area contributed by atoms with Crippen molar-refractivity contribution < 1.29 is 14.4 Å². The molecule has 0 bridgehead atoms. The SMILES string of the molecule is CC1CC(C)(C)CC2(C1)NC(=O)N(CC(=O)Nc1ccnn1Cc1ccc(Cl)cc1Cl)C2=O. The molecular formula is C23H27Cl2N5O3. The highest BCUT2D eigenvalue weighted by atomic mass is 35.5. The van der Waals surface area contributed by atoms with Crippen molar-refractivity contribution in [3.8, 4) is 0 Å². The molecule has 1 spiro atoms. The second-order valence-electron chi connectivity index (χ2n) is 9.92. The maximum absolute atomic E-state index is 13.3. The smallest absolute Gasteiger partial charge is 0.323 e.